The standard InChI is InChI=1S/C13H19FN2O/c1-3-15-9-13(17)16(4-2)10-11-6-5-7-12(14)8-11/h5-8,15H,3-4,9-10H2,1-2H3. The van der Waals surface area contributed by atoms with E-state index in [1.807, 2.05) is 19.9 Å². The van der Waals surface area contributed by atoms with Gasteiger partial charge in [-0.3, -0.25) is 4.79 Å². The zero-order valence-corrected chi connectivity index (χ0v) is 10.4. The Hall–Kier alpha value is -1.42. The van der Waals surface area contributed by atoms with Gasteiger partial charge in [0.15, 0.2) is 0 Å². The van der Waals surface area contributed by atoms with Crippen molar-refractivity contribution in [3.63, 3.8) is 0 Å². The minimum atomic E-state index is -0.266. The summed E-state index contributed by atoms with van der Waals surface area (Å²) in [5.41, 5.74) is 0.816. The largest absolute Gasteiger partial charge is 0.338 e. The van der Waals surface area contributed by atoms with E-state index in [0.717, 1.165) is 12.1 Å². The van der Waals surface area contributed by atoms with Crippen LogP contribution in [0.1, 0.15) is 19.4 Å². The van der Waals surface area contributed by atoms with Crippen LogP contribution in [0.3, 0.4) is 0 Å². The van der Waals surface area contributed by atoms with Crippen molar-refractivity contribution in [3.05, 3.63) is 35.6 Å². The third kappa shape index (κ3) is 4.53. The molecule has 1 amide bonds. The molecule has 0 unspecified atom stereocenters. The number of halogens is 1. The molecule has 0 heterocycles. The van der Waals surface area contributed by atoms with Crippen LogP contribution in [0.5, 0.6) is 0 Å². The molecule has 1 rings (SSSR count). The smallest absolute Gasteiger partial charge is 0.236 e. The van der Waals surface area contributed by atoms with E-state index in [4.69, 9.17) is 0 Å². The van der Waals surface area contributed by atoms with Crippen molar-refractivity contribution in [2.45, 2.75) is 20.4 Å². The van der Waals surface area contributed by atoms with Crippen molar-refractivity contribution in [3.8, 4) is 0 Å². The van der Waals surface area contributed by atoms with Crippen LogP contribution in [-0.2, 0) is 11.3 Å². The molecule has 0 aliphatic rings. The summed E-state index contributed by atoms with van der Waals surface area (Å²) >= 11 is 0. The molecule has 0 spiro atoms. The molecule has 0 radical (unpaired) electrons. The molecule has 1 N–H and O–H groups in total. The fraction of sp³-hybridized carbons (Fsp3) is 0.462. The molecule has 17 heavy (non-hydrogen) atoms. The molecule has 1 aromatic rings. The second-order valence-corrected chi connectivity index (χ2v) is 3.82. The summed E-state index contributed by atoms with van der Waals surface area (Å²) in [4.78, 5) is 13.5. The second kappa shape index (κ2) is 7.01. The van der Waals surface area contributed by atoms with Gasteiger partial charge in [0.2, 0.25) is 5.91 Å². The summed E-state index contributed by atoms with van der Waals surface area (Å²) in [6, 6.07) is 6.35. The molecule has 0 bridgehead atoms. The number of nitrogens with one attached hydrogen (secondary N) is 1. The van der Waals surface area contributed by atoms with Gasteiger partial charge >= 0.3 is 0 Å². The quantitative estimate of drug-likeness (QED) is 0.819. The molecule has 3 nitrogen and oxygen atoms in total. The highest BCUT2D eigenvalue weighted by Crippen LogP contribution is 2.07. The van der Waals surface area contributed by atoms with Crippen molar-refractivity contribution < 1.29 is 9.18 Å². The van der Waals surface area contributed by atoms with Gasteiger partial charge in [0, 0.05) is 13.1 Å². The Morgan fingerprint density at radius 1 is 1.41 bits per heavy atom. The van der Waals surface area contributed by atoms with Gasteiger partial charge in [0.1, 0.15) is 5.82 Å². The SMILES string of the molecule is CCNCC(=O)N(CC)Cc1cccc(F)c1. The lowest BCUT2D eigenvalue weighted by Gasteiger charge is -2.21. The summed E-state index contributed by atoms with van der Waals surface area (Å²) < 4.78 is 13.0. The van der Waals surface area contributed by atoms with Crippen LogP contribution in [0.25, 0.3) is 0 Å². The Kier molecular flexibility index (Phi) is 5.63. The number of carbonyl (C=O) groups is 1. The summed E-state index contributed by atoms with van der Waals surface area (Å²) in [6.07, 6.45) is 0. The van der Waals surface area contributed by atoms with Gasteiger partial charge in [0.25, 0.3) is 0 Å². The van der Waals surface area contributed by atoms with Crippen molar-refractivity contribution in [2.75, 3.05) is 19.6 Å². The number of likely N-dealkylation sites (N-methyl/N-ethyl adjacent to an activating group) is 2. The Bertz CT molecular complexity index is 368. The second-order valence-electron chi connectivity index (χ2n) is 3.82. The Morgan fingerprint density at radius 2 is 2.18 bits per heavy atom. The average molecular weight is 238 g/mol. The summed E-state index contributed by atoms with van der Waals surface area (Å²) in [5.74, 6) is -0.226. The van der Waals surface area contributed by atoms with Crippen molar-refractivity contribution >= 4 is 5.91 Å². The van der Waals surface area contributed by atoms with Gasteiger partial charge < -0.3 is 10.2 Å². The number of hydrogen-bond donors (Lipinski definition) is 1. The average Bonchev–Trinajstić information content (AvgIpc) is 2.33. The normalized spacial score (nSPS) is 10.3. The van der Waals surface area contributed by atoms with E-state index in [-0.39, 0.29) is 11.7 Å². The number of carbonyl (C=O) groups excluding carboxylic acids is 1. The molecular weight excluding hydrogens is 219 g/mol. The van der Waals surface area contributed by atoms with Crippen LogP contribution in [-0.4, -0.2) is 30.4 Å². The van der Waals surface area contributed by atoms with Crippen LogP contribution in [0.2, 0.25) is 0 Å². The van der Waals surface area contributed by atoms with Gasteiger partial charge in [-0.15, -0.1) is 0 Å². The molecule has 0 saturated carbocycles. The number of hydrogen-bond acceptors (Lipinski definition) is 2. The highest BCUT2D eigenvalue weighted by atomic mass is 19.1. The molecule has 0 aliphatic carbocycles. The van der Waals surface area contributed by atoms with Crippen LogP contribution >= 0.6 is 0 Å². The maximum absolute atomic E-state index is 13.0. The predicted octanol–water partition coefficient (Wildman–Crippen LogP) is 1.78. The molecule has 0 saturated heterocycles. The van der Waals surface area contributed by atoms with Crippen molar-refractivity contribution in [1.29, 1.82) is 0 Å². The highest BCUT2D eigenvalue weighted by Gasteiger charge is 2.11. The first kappa shape index (κ1) is 13.6. The van der Waals surface area contributed by atoms with Gasteiger partial charge in [-0.1, -0.05) is 19.1 Å². The molecule has 1 aromatic carbocycles. The van der Waals surface area contributed by atoms with Crippen LogP contribution in [0.15, 0.2) is 24.3 Å². The van der Waals surface area contributed by atoms with Gasteiger partial charge in [-0.25, -0.2) is 4.39 Å². The Balaban J connectivity index is 2.60. The maximum atomic E-state index is 13.0. The fourth-order valence-corrected chi connectivity index (χ4v) is 1.58. The number of amides is 1. The molecule has 94 valence electrons. The van der Waals surface area contributed by atoms with E-state index in [9.17, 15) is 9.18 Å². The van der Waals surface area contributed by atoms with E-state index in [2.05, 4.69) is 5.32 Å². The Labute approximate surface area is 102 Å². The highest BCUT2D eigenvalue weighted by molar-refractivity contribution is 5.78. The van der Waals surface area contributed by atoms with Crippen molar-refractivity contribution in [1.82, 2.24) is 10.2 Å². The van der Waals surface area contributed by atoms with Gasteiger partial charge in [-0.05, 0) is 31.2 Å². The number of rotatable bonds is 6. The van der Waals surface area contributed by atoms with Crippen molar-refractivity contribution in [2.24, 2.45) is 0 Å². The molecule has 0 atom stereocenters. The van der Waals surface area contributed by atoms with Crippen LogP contribution in [0, 0.1) is 5.82 Å². The lowest BCUT2D eigenvalue weighted by molar-refractivity contribution is -0.130. The third-order valence-corrected chi connectivity index (χ3v) is 2.52. The fourth-order valence-electron chi connectivity index (χ4n) is 1.58. The molecule has 0 fully saturated rings. The zero-order chi connectivity index (χ0) is 12.7. The van der Waals surface area contributed by atoms with Gasteiger partial charge in [0.05, 0.1) is 6.54 Å². The summed E-state index contributed by atoms with van der Waals surface area (Å²) in [6.45, 7) is 6.06. The van der Waals surface area contributed by atoms with Crippen LogP contribution in [0.4, 0.5) is 4.39 Å². The van der Waals surface area contributed by atoms with E-state index in [1.54, 1.807) is 11.0 Å². The number of benzene rings is 1. The minimum Gasteiger partial charge on any atom is -0.338 e. The summed E-state index contributed by atoms with van der Waals surface area (Å²) in [7, 11) is 0. The Morgan fingerprint density at radius 3 is 2.76 bits per heavy atom. The first-order chi connectivity index (χ1) is 8.17. The van der Waals surface area contributed by atoms with E-state index < -0.39 is 0 Å². The lowest BCUT2D eigenvalue weighted by atomic mass is 10.2. The van der Waals surface area contributed by atoms with Crippen LogP contribution < -0.4 is 5.32 Å². The minimum absolute atomic E-state index is 0.0404. The van der Waals surface area contributed by atoms with E-state index in [1.165, 1.54) is 12.1 Å². The zero-order valence-electron chi connectivity index (χ0n) is 10.4. The predicted molar refractivity (Wildman–Crippen MR) is 66.0 cm³/mol. The molecule has 0 aliphatic heterocycles. The van der Waals surface area contributed by atoms with Gasteiger partial charge in [-0.2, -0.15) is 0 Å². The third-order valence-electron chi connectivity index (χ3n) is 2.52. The van der Waals surface area contributed by atoms with E-state index >= 15 is 0 Å². The first-order valence-electron chi connectivity index (χ1n) is 5.90. The van der Waals surface area contributed by atoms with E-state index in [0.29, 0.717) is 19.6 Å². The maximum Gasteiger partial charge on any atom is 0.236 e. The first-order valence-corrected chi connectivity index (χ1v) is 5.90. The monoisotopic (exact) mass is 238 g/mol. The summed E-state index contributed by atoms with van der Waals surface area (Å²) in [5, 5.41) is 2.99. The molecule has 0 aromatic heterocycles. The number of nitrogens with zero attached hydrogens (tertiary/aromatic N) is 1. The molecule has 4 heteroatoms. The topological polar surface area (TPSA) is 32.3 Å². The molecular formula is C13H19FN2O. The lowest BCUT2D eigenvalue weighted by Crippen LogP contribution is -2.37.